The van der Waals surface area contributed by atoms with Gasteiger partial charge in [0.05, 0.1) is 0 Å². The molecule has 0 fully saturated rings. The minimum atomic E-state index is 0.292. The van der Waals surface area contributed by atoms with Crippen LogP contribution >= 0.6 is 15.9 Å². The molecule has 0 bridgehead atoms. The second-order valence-corrected chi connectivity index (χ2v) is 5.99. The molecule has 1 nitrogen and oxygen atoms in total. The number of carbonyl (C=O) groups is 1. The fourth-order valence-corrected chi connectivity index (χ4v) is 3.58. The molecule has 18 heavy (non-hydrogen) atoms. The normalized spacial score (nSPS) is 20.3. The van der Waals surface area contributed by atoms with Gasteiger partial charge in [0.1, 0.15) is 0 Å². The van der Waals surface area contributed by atoms with Crippen LogP contribution in [0.15, 0.2) is 36.4 Å². The fourth-order valence-electron chi connectivity index (χ4n) is 2.76. The summed E-state index contributed by atoms with van der Waals surface area (Å²) in [6, 6.07) is 12.4. The quantitative estimate of drug-likeness (QED) is 0.624. The zero-order valence-corrected chi connectivity index (χ0v) is 11.7. The topological polar surface area (TPSA) is 17.1 Å². The average molecular weight is 303 g/mol. The van der Waals surface area contributed by atoms with Gasteiger partial charge in [-0.2, -0.15) is 0 Å². The van der Waals surface area contributed by atoms with Crippen LogP contribution in [0.25, 0.3) is 10.8 Å². The Hall–Kier alpha value is -1.15. The molecular formula is C16H15BrO. The number of benzene rings is 2. The van der Waals surface area contributed by atoms with Crippen molar-refractivity contribution < 1.29 is 4.79 Å². The summed E-state index contributed by atoms with van der Waals surface area (Å²) in [6.07, 6.45) is 3.91. The number of carbonyl (C=O) groups excluding carboxylic acids is 1. The Morgan fingerprint density at radius 3 is 2.78 bits per heavy atom. The first-order valence-electron chi connectivity index (χ1n) is 6.46. The molecule has 3 rings (SSSR count). The SMILES string of the molecule is O=C1CCCCC(Br)c2c1ccc1ccccc21. The van der Waals surface area contributed by atoms with Crippen LogP contribution in [0.1, 0.15) is 46.4 Å². The van der Waals surface area contributed by atoms with Gasteiger partial charge in [0.2, 0.25) is 0 Å². The van der Waals surface area contributed by atoms with E-state index in [1.165, 1.54) is 16.3 Å². The maximum atomic E-state index is 12.2. The molecule has 0 spiro atoms. The minimum absolute atomic E-state index is 0.292. The lowest BCUT2D eigenvalue weighted by Gasteiger charge is -2.20. The minimum Gasteiger partial charge on any atom is -0.294 e. The molecule has 2 heteroatoms. The molecule has 1 aliphatic carbocycles. The highest BCUT2D eigenvalue weighted by atomic mass is 79.9. The summed E-state index contributed by atoms with van der Waals surface area (Å²) in [5.41, 5.74) is 2.10. The van der Waals surface area contributed by atoms with E-state index in [1.807, 2.05) is 18.2 Å². The van der Waals surface area contributed by atoms with E-state index in [2.05, 4.69) is 34.1 Å². The zero-order valence-electron chi connectivity index (χ0n) is 10.2. The van der Waals surface area contributed by atoms with Crippen molar-refractivity contribution in [1.82, 2.24) is 0 Å². The van der Waals surface area contributed by atoms with Gasteiger partial charge in [0.25, 0.3) is 0 Å². The van der Waals surface area contributed by atoms with Crippen LogP contribution in [0.4, 0.5) is 0 Å². The van der Waals surface area contributed by atoms with Crippen molar-refractivity contribution >= 4 is 32.5 Å². The van der Waals surface area contributed by atoms with Crippen LogP contribution in [-0.2, 0) is 0 Å². The number of hydrogen-bond acceptors (Lipinski definition) is 1. The van der Waals surface area contributed by atoms with E-state index in [4.69, 9.17) is 0 Å². The second-order valence-electron chi connectivity index (χ2n) is 4.88. The van der Waals surface area contributed by atoms with Gasteiger partial charge in [-0.1, -0.05) is 58.7 Å². The van der Waals surface area contributed by atoms with Crippen LogP contribution < -0.4 is 0 Å². The number of Topliss-reactive ketones (excluding diaryl/α,β-unsaturated/α-hetero) is 1. The molecule has 92 valence electrons. The van der Waals surface area contributed by atoms with Gasteiger partial charge in [-0.05, 0) is 29.2 Å². The molecule has 0 aromatic heterocycles. The Morgan fingerprint density at radius 2 is 1.89 bits per heavy atom. The average Bonchev–Trinajstić information content (AvgIpc) is 2.40. The number of alkyl halides is 1. The van der Waals surface area contributed by atoms with Crippen LogP contribution in [0, 0.1) is 0 Å². The van der Waals surface area contributed by atoms with Crippen molar-refractivity contribution in [3.63, 3.8) is 0 Å². The third-order valence-electron chi connectivity index (χ3n) is 3.70. The lowest BCUT2D eigenvalue weighted by Crippen LogP contribution is -2.09. The Bertz CT molecular complexity index is 603. The number of halogens is 1. The summed E-state index contributed by atoms with van der Waals surface area (Å²) in [5, 5.41) is 2.43. The van der Waals surface area contributed by atoms with Gasteiger partial charge in [-0.15, -0.1) is 0 Å². The number of fused-ring (bicyclic) bond motifs is 3. The molecule has 0 radical (unpaired) electrons. The van der Waals surface area contributed by atoms with E-state index < -0.39 is 0 Å². The third-order valence-corrected chi connectivity index (χ3v) is 4.61. The van der Waals surface area contributed by atoms with Gasteiger partial charge in [-0.25, -0.2) is 0 Å². The second kappa shape index (κ2) is 4.85. The summed E-state index contributed by atoms with van der Waals surface area (Å²) in [5.74, 6) is 0.292. The van der Waals surface area contributed by atoms with E-state index in [0.717, 1.165) is 24.8 Å². The molecular weight excluding hydrogens is 288 g/mol. The highest BCUT2D eigenvalue weighted by Gasteiger charge is 2.21. The van der Waals surface area contributed by atoms with Crippen molar-refractivity contribution in [1.29, 1.82) is 0 Å². The fraction of sp³-hybridized carbons (Fsp3) is 0.312. The molecule has 0 N–H and O–H groups in total. The highest BCUT2D eigenvalue weighted by molar-refractivity contribution is 9.09. The maximum absolute atomic E-state index is 12.2. The van der Waals surface area contributed by atoms with Gasteiger partial charge in [-0.3, -0.25) is 4.79 Å². The van der Waals surface area contributed by atoms with Crippen molar-refractivity contribution in [3.8, 4) is 0 Å². The van der Waals surface area contributed by atoms with E-state index in [1.54, 1.807) is 0 Å². The van der Waals surface area contributed by atoms with Crippen molar-refractivity contribution in [2.45, 2.75) is 30.5 Å². The smallest absolute Gasteiger partial charge is 0.163 e. The predicted octanol–water partition coefficient (Wildman–Crippen LogP) is 5.03. The summed E-state index contributed by atoms with van der Waals surface area (Å²) in [6.45, 7) is 0. The van der Waals surface area contributed by atoms with Crippen molar-refractivity contribution in [2.24, 2.45) is 0 Å². The van der Waals surface area contributed by atoms with E-state index in [9.17, 15) is 4.79 Å². The molecule has 0 heterocycles. The summed E-state index contributed by atoms with van der Waals surface area (Å²) < 4.78 is 0. The number of hydrogen-bond donors (Lipinski definition) is 0. The van der Waals surface area contributed by atoms with E-state index in [0.29, 0.717) is 17.0 Å². The Morgan fingerprint density at radius 1 is 1.06 bits per heavy atom. The molecule has 1 unspecified atom stereocenters. The zero-order chi connectivity index (χ0) is 12.5. The molecule has 0 saturated heterocycles. The summed E-state index contributed by atoms with van der Waals surface area (Å²) >= 11 is 3.77. The van der Waals surface area contributed by atoms with Crippen LogP contribution in [0.3, 0.4) is 0 Å². The standard InChI is InChI=1S/C16H15BrO/c17-14-7-3-4-8-15(18)13-10-9-11-5-1-2-6-12(11)16(13)14/h1-2,5-6,9-10,14H,3-4,7-8H2. The molecule has 0 amide bonds. The largest absolute Gasteiger partial charge is 0.294 e. The Labute approximate surface area is 115 Å². The maximum Gasteiger partial charge on any atom is 0.163 e. The Kier molecular flexibility index (Phi) is 3.21. The molecule has 2 aromatic carbocycles. The lowest BCUT2D eigenvalue weighted by atomic mass is 9.88. The van der Waals surface area contributed by atoms with E-state index in [-0.39, 0.29) is 0 Å². The monoisotopic (exact) mass is 302 g/mol. The van der Waals surface area contributed by atoms with Crippen LogP contribution in [-0.4, -0.2) is 5.78 Å². The Balaban J connectivity index is 2.30. The van der Waals surface area contributed by atoms with Crippen molar-refractivity contribution in [3.05, 3.63) is 47.5 Å². The first kappa shape index (κ1) is 11.9. The van der Waals surface area contributed by atoms with Crippen molar-refractivity contribution in [2.75, 3.05) is 0 Å². The van der Waals surface area contributed by atoms with E-state index >= 15 is 0 Å². The molecule has 0 saturated carbocycles. The highest BCUT2D eigenvalue weighted by Crippen LogP contribution is 2.38. The van der Waals surface area contributed by atoms with Gasteiger partial charge in [0, 0.05) is 16.8 Å². The first-order valence-corrected chi connectivity index (χ1v) is 7.38. The molecule has 1 atom stereocenters. The third kappa shape index (κ3) is 1.99. The van der Waals surface area contributed by atoms with Crippen LogP contribution in [0.2, 0.25) is 0 Å². The van der Waals surface area contributed by atoms with Crippen LogP contribution in [0.5, 0.6) is 0 Å². The first-order chi connectivity index (χ1) is 8.77. The molecule has 2 aromatic rings. The summed E-state index contributed by atoms with van der Waals surface area (Å²) in [4.78, 5) is 12.5. The number of ketones is 1. The molecule has 1 aliphatic rings. The molecule has 0 aliphatic heterocycles. The van der Waals surface area contributed by atoms with Gasteiger partial charge in [0.15, 0.2) is 5.78 Å². The lowest BCUT2D eigenvalue weighted by molar-refractivity contribution is 0.0976. The van der Waals surface area contributed by atoms with Gasteiger partial charge >= 0.3 is 0 Å². The predicted molar refractivity (Wildman–Crippen MR) is 78.4 cm³/mol. The number of rotatable bonds is 0. The van der Waals surface area contributed by atoms with Gasteiger partial charge < -0.3 is 0 Å². The summed E-state index contributed by atoms with van der Waals surface area (Å²) in [7, 11) is 0.